The lowest BCUT2D eigenvalue weighted by molar-refractivity contribution is -0.134. The van der Waals surface area contributed by atoms with E-state index < -0.39 is 0 Å². The van der Waals surface area contributed by atoms with Gasteiger partial charge in [0.15, 0.2) is 0 Å². The van der Waals surface area contributed by atoms with Crippen LogP contribution in [0.15, 0.2) is 0 Å². The Morgan fingerprint density at radius 2 is 1.85 bits per heavy atom. The number of hydrogen-bond donors (Lipinski definition) is 1. The van der Waals surface area contributed by atoms with Gasteiger partial charge in [-0.05, 0) is 39.2 Å². The Bertz CT molecular complexity index is 323. The first kappa shape index (κ1) is 17.0. The van der Waals surface area contributed by atoms with E-state index in [1.165, 1.54) is 0 Å². The molecule has 1 saturated heterocycles. The number of nitrogens with one attached hydrogen (secondary N) is 1. The van der Waals surface area contributed by atoms with Crippen molar-refractivity contribution < 1.29 is 9.59 Å². The fraction of sp³-hybridized carbons (Fsp3) is 0.867. The third-order valence-electron chi connectivity index (χ3n) is 3.76. The summed E-state index contributed by atoms with van der Waals surface area (Å²) in [5.41, 5.74) is 0. The van der Waals surface area contributed by atoms with Crippen molar-refractivity contribution in [1.29, 1.82) is 0 Å². The highest BCUT2D eigenvalue weighted by Crippen LogP contribution is 2.16. The molecular formula is C15H29N3O2. The summed E-state index contributed by atoms with van der Waals surface area (Å²) in [7, 11) is 0. The van der Waals surface area contributed by atoms with Gasteiger partial charge in [-0.3, -0.25) is 14.5 Å². The van der Waals surface area contributed by atoms with Crippen molar-refractivity contribution in [2.45, 2.75) is 46.6 Å². The molecule has 1 aliphatic rings. The minimum atomic E-state index is -0.0121. The van der Waals surface area contributed by atoms with Crippen molar-refractivity contribution in [3.63, 3.8) is 0 Å². The summed E-state index contributed by atoms with van der Waals surface area (Å²) in [6.45, 7) is 11.2. The second-order valence-corrected chi connectivity index (χ2v) is 6.09. The lowest BCUT2D eigenvalue weighted by Gasteiger charge is -2.32. The average molecular weight is 283 g/mol. The van der Waals surface area contributed by atoms with Crippen molar-refractivity contribution >= 4 is 11.8 Å². The number of carbonyl (C=O) groups excluding carboxylic acids is 2. The van der Waals surface area contributed by atoms with Gasteiger partial charge >= 0.3 is 0 Å². The van der Waals surface area contributed by atoms with Gasteiger partial charge in [0.05, 0.1) is 13.1 Å². The highest BCUT2D eigenvalue weighted by atomic mass is 16.2. The van der Waals surface area contributed by atoms with E-state index >= 15 is 0 Å². The Hall–Kier alpha value is -1.10. The van der Waals surface area contributed by atoms with E-state index in [1.54, 1.807) is 0 Å². The fourth-order valence-corrected chi connectivity index (χ4v) is 2.40. The van der Waals surface area contributed by atoms with Crippen LogP contribution < -0.4 is 5.32 Å². The third kappa shape index (κ3) is 5.90. The van der Waals surface area contributed by atoms with Gasteiger partial charge in [-0.25, -0.2) is 0 Å². The molecule has 0 unspecified atom stereocenters. The van der Waals surface area contributed by atoms with Gasteiger partial charge in [0.1, 0.15) is 0 Å². The highest BCUT2D eigenvalue weighted by Gasteiger charge is 2.22. The summed E-state index contributed by atoms with van der Waals surface area (Å²) >= 11 is 0. The predicted octanol–water partition coefficient (Wildman–Crippen LogP) is 1.09. The number of amides is 2. The van der Waals surface area contributed by atoms with Gasteiger partial charge in [-0.2, -0.15) is 0 Å². The Morgan fingerprint density at radius 1 is 1.25 bits per heavy atom. The normalized spacial score (nSPS) is 16.8. The lowest BCUT2D eigenvalue weighted by atomic mass is 9.99. The summed E-state index contributed by atoms with van der Waals surface area (Å²) < 4.78 is 0. The highest BCUT2D eigenvalue weighted by molar-refractivity contribution is 5.81. The number of carbonyl (C=O) groups is 2. The zero-order chi connectivity index (χ0) is 15.1. The molecule has 1 heterocycles. The Balaban J connectivity index is 2.39. The van der Waals surface area contributed by atoms with Crippen molar-refractivity contribution in [2.75, 3.05) is 32.7 Å². The van der Waals surface area contributed by atoms with Gasteiger partial charge in [0, 0.05) is 19.1 Å². The van der Waals surface area contributed by atoms with Crippen LogP contribution in [-0.2, 0) is 9.59 Å². The van der Waals surface area contributed by atoms with Crippen LogP contribution in [0.2, 0.25) is 0 Å². The van der Waals surface area contributed by atoms with Crippen LogP contribution in [0.4, 0.5) is 0 Å². The molecule has 0 aromatic rings. The van der Waals surface area contributed by atoms with Crippen LogP contribution in [-0.4, -0.2) is 60.4 Å². The molecule has 0 atom stereocenters. The fourth-order valence-electron chi connectivity index (χ4n) is 2.40. The Labute approximate surface area is 122 Å². The molecule has 0 aromatic heterocycles. The minimum absolute atomic E-state index is 0.0121. The molecule has 1 N–H and O–H groups in total. The van der Waals surface area contributed by atoms with Crippen molar-refractivity contribution in [3.8, 4) is 0 Å². The molecule has 20 heavy (non-hydrogen) atoms. The summed E-state index contributed by atoms with van der Waals surface area (Å²) in [5, 5.41) is 2.86. The van der Waals surface area contributed by atoms with E-state index in [0.29, 0.717) is 19.6 Å². The van der Waals surface area contributed by atoms with Gasteiger partial charge < -0.3 is 10.2 Å². The molecule has 1 aliphatic heterocycles. The van der Waals surface area contributed by atoms with Gasteiger partial charge in [0.2, 0.25) is 11.8 Å². The molecule has 5 nitrogen and oxygen atoms in total. The second kappa shape index (κ2) is 8.25. The summed E-state index contributed by atoms with van der Waals surface area (Å²) in [6.07, 6.45) is 2.18. The van der Waals surface area contributed by atoms with Crippen LogP contribution >= 0.6 is 0 Å². The molecule has 0 saturated carbocycles. The maximum Gasteiger partial charge on any atom is 0.236 e. The van der Waals surface area contributed by atoms with Crippen LogP contribution in [0.5, 0.6) is 0 Å². The minimum Gasteiger partial charge on any atom is -0.353 e. The van der Waals surface area contributed by atoms with Crippen LogP contribution in [0.3, 0.4) is 0 Å². The van der Waals surface area contributed by atoms with Gasteiger partial charge in [-0.15, -0.1) is 0 Å². The topological polar surface area (TPSA) is 52.7 Å². The second-order valence-electron chi connectivity index (χ2n) is 6.09. The maximum atomic E-state index is 12.2. The summed E-state index contributed by atoms with van der Waals surface area (Å²) in [5.74, 6) is 0.858. The molecular weight excluding hydrogens is 254 g/mol. The number of rotatable bonds is 6. The molecule has 2 amide bonds. The number of hydrogen-bond acceptors (Lipinski definition) is 3. The number of likely N-dealkylation sites (N-methyl/N-ethyl adjacent to an activating group) is 1. The largest absolute Gasteiger partial charge is 0.353 e. The van der Waals surface area contributed by atoms with Crippen LogP contribution in [0.25, 0.3) is 0 Å². The van der Waals surface area contributed by atoms with E-state index in [9.17, 15) is 9.59 Å². The molecule has 0 aliphatic carbocycles. The number of nitrogens with zero attached hydrogens (tertiary/aromatic N) is 2. The zero-order valence-corrected chi connectivity index (χ0v) is 13.3. The van der Waals surface area contributed by atoms with Gasteiger partial charge in [-0.1, -0.05) is 13.8 Å². The molecule has 0 spiro atoms. The Morgan fingerprint density at radius 3 is 2.35 bits per heavy atom. The molecule has 0 bridgehead atoms. The van der Waals surface area contributed by atoms with E-state index in [2.05, 4.69) is 12.2 Å². The van der Waals surface area contributed by atoms with Crippen molar-refractivity contribution in [3.05, 3.63) is 0 Å². The maximum absolute atomic E-state index is 12.2. The van der Waals surface area contributed by atoms with E-state index in [-0.39, 0.29) is 17.9 Å². The monoisotopic (exact) mass is 283 g/mol. The summed E-state index contributed by atoms with van der Waals surface area (Å²) in [4.78, 5) is 27.8. The molecule has 1 fully saturated rings. The van der Waals surface area contributed by atoms with E-state index in [0.717, 1.165) is 31.8 Å². The quantitative estimate of drug-likeness (QED) is 0.794. The smallest absolute Gasteiger partial charge is 0.236 e. The van der Waals surface area contributed by atoms with E-state index in [1.807, 2.05) is 30.6 Å². The lowest BCUT2D eigenvalue weighted by Crippen LogP contribution is -2.47. The first-order chi connectivity index (χ1) is 9.42. The number of piperidine rings is 1. The Kier molecular flexibility index (Phi) is 6.99. The third-order valence-corrected chi connectivity index (χ3v) is 3.76. The molecule has 1 rings (SSSR count). The first-order valence-corrected chi connectivity index (χ1v) is 7.71. The predicted molar refractivity (Wildman–Crippen MR) is 80.4 cm³/mol. The molecule has 0 radical (unpaired) electrons. The number of likely N-dealkylation sites (tertiary alicyclic amines) is 1. The molecule has 0 aromatic carbocycles. The average Bonchev–Trinajstić information content (AvgIpc) is 2.37. The zero-order valence-electron chi connectivity index (χ0n) is 13.3. The first-order valence-electron chi connectivity index (χ1n) is 7.71. The molecule has 5 heteroatoms. The van der Waals surface area contributed by atoms with E-state index in [4.69, 9.17) is 0 Å². The molecule has 116 valence electrons. The van der Waals surface area contributed by atoms with Crippen molar-refractivity contribution in [1.82, 2.24) is 15.1 Å². The standard InChI is InChI=1S/C15H29N3O2/c1-5-17(10-14(19)16-12(2)3)11-15(20)18-8-6-13(4)7-9-18/h12-13H,5-11H2,1-4H3,(H,16,19). The van der Waals surface area contributed by atoms with Gasteiger partial charge in [0.25, 0.3) is 0 Å². The van der Waals surface area contributed by atoms with Crippen LogP contribution in [0.1, 0.15) is 40.5 Å². The summed E-state index contributed by atoms with van der Waals surface area (Å²) in [6, 6.07) is 0.139. The SMILES string of the molecule is CCN(CC(=O)NC(C)C)CC(=O)N1CCC(C)CC1. The van der Waals surface area contributed by atoms with Crippen LogP contribution in [0, 0.1) is 5.92 Å². The van der Waals surface area contributed by atoms with Crippen molar-refractivity contribution in [2.24, 2.45) is 5.92 Å².